The average molecular weight is 295 g/mol. The molecular formula is C13H11F2N3O3. The van der Waals surface area contributed by atoms with E-state index in [1.54, 1.807) is 12.1 Å². The number of rotatable bonds is 5. The van der Waals surface area contributed by atoms with Crippen LogP contribution in [0, 0.1) is 21.7 Å². The Bertz CT molecular complexity index is 680. The lowest BCUT2D eigenvalue weighted by Crippen LogP contribution is -2.01. The van der Waals surface area contributed by atoms with Gasteiger partial charge >= 0.3 is 5.69 Å². The lowest BCUT2D eigenvalue weighted by atomic mass is 10.3. The summed E-state index contributed by atoms with van der Waals surface area (Å²) >= 11 is 0. The van der Waals surface area contributed by atoms with Crippen LogP contribution < -0.4 is 10.1 Å². The van der Waals surface area contributed by atoms with Crippen LogP contribution in [-0.2, 0) is 0 Å². The normalized spacial score (nSPS) is 10.2. The molecule has 6 nitrogen and oxygen atoms in total. The van der Waals surface area contributed by atoms with Gasteiger partial charge in [-0.25, -0.2) is 4.39 Å². The van der Waals surface area contributed by atoms with Gasteiger partial charge in [-0.15, -0.1) is 0 Å². The molecule has 0 fully saturated rings. The molecule has 0 radical (unpaired) electrons. The monoisotopic (exact) mass is 295 g/mol. The Morgan fingerprint density at radius 3 is 2.76 bits per heavy atom. The van der Waals surface area contributed by atoms with Crippen LogP contribution in [0.1, 0.15) is 6.92 Å². The van der Waals surface area contributed by atoms with Gasteiger partial charge in [0, 0.05) is 18.7 Å². The summed E-state index contributed by atoms with van der Waals surface area (Å²) in [6.07, 6.45) is 0. The van der Waals surface area contributed by atoms with Crippen molar-refractivity contribution in [3.05, 3.63) is 52.1 Å². The van der Waals surface area contributed by atoms with E-state index >= 15 is 0 Å². The molecule has 0 saturated carbocycles. The van der Waals surface area contributed by atoms with Crippen LogP contribution in [0.5, 0.6) is 11.6 Å². The minimum Gasteiger partial charge on any atom is -0.436 e. The third-order valence-corrected chi connectivity index (χ3v) is 2.49. The molecule has 1 heterocycles. The molecule has 0 saturated heterocycles. The van der Waals surface area contributed by atoms with E-state index in [4.69, 9.17) is 4.74 Å². The quantitative estimate of drug-likeness (QED) is 0.675. The molecule has 0 aliphatic rings. The predicted octanol–water partition coefficient (Wildman–Crippen LogP) is 3.49. The van der Waals surface area contributed by atoms with Crippen molar-refractivity contribution < 1.29 is 18.4 Å². The maximum absolute atomic E-state index is 13.7. The summed E-state index contributed by atoms with van der Waals surface area (Å²) in [6, 6.07) is 5.86. The first-order valence-electron chi connectivity index (χ1n) is 6.03. The van der Waals surface area contributed by atoms with Crippen LogP contribution >= 0.6 is 0 Å². The minimum atomic E-state index is -1.18. The summed E-state index contributed by atoms with van der Waals surface area (Å²) in [5.74, 6) is -2.14. The molecule has 21 heavy (non-hydrogen) atoms. The molecule has 0 unspecified atom stereocenters. The zero-order valence-electron chi connectivity index (χ0n) is 11.0. The van der Waals surface area contributed by atoms with Crippen LogP contribution in [-0.4, -0.2) is 16.5 Å². The Balaban J connectivity index is 2.29. The van der Waals surface area contributed by atoms with E-state index in [0.717, 1.165) is 0 Å². The molecule has 0 aliphatic carbocycles. The molecule has 8 heteroatoms. The molecule has 2 rings (SSSR count). The second-order valence-electron chi connectivity index (χ2n) is 3.98. The second kappa shape index (κ2) is 6.12. The number of benzene rings is 1. The third kappa shape index (κ3) is 3.41. The van der Waals surface area contributed by atoms with E-state index in [2.05, 4.69) is 10.3 Å². The fourth-order valence-electron chi connectivity index (χ4n) is 1.60. The summed E-state index contributed by atoms with van der Waals surface area (Å²) < 4.78 is 32.3. The number of nitro benzene ring substituents is 1. The number of nitrogens with one attached hydrogen (secondary N) is 1. The van der Waals surface area contributed by atoms with Crippen molar-refractivity contribution in [3.8, 4) is 11.6 Å². The number of aromatic nitrogens is 1. The fraction of sp³-hybridized carbons (Fsp3) is 0.154. The van der Waals surface area contributed by atoms with Gasteiger partial charge in [0.05, 0.1) is 11.0 Å². The molecule has 1 aromatic carbocycles. The second-order valence-corrected chi connectivity index (χ2v) is 3.98. The molecule has 0 atom stereocenters. The van der Waals surface area contributed by atoms with Crippen molar-refractivity contribution in [1.29, 1.82) is 0 Å². The van der Waals surface area contributed by atoms with Gasteiger partial charge in [-0.3, -0.25) is 10.1 Å². The third-order valence-electron chi connectivity index (χ3n) is 2.49. The summed E-state index contributed by atoms with van der Waals surface area (Å²) in [7, 11) is 0. The zero-order valence-corrected chi connectivity index (χ0v) is 11.0. The van der Waals surface area contributed by atoms with Gasteiger partial charge in [0.25, 0.3) is 0 Å². The Hall–Kier alpha value is -2.77. The van der Waals surface area contributed by atoms with Crippen molar-refractivity contribution in [1.82, 2.24) is 4.98 Å². The molecular weight excluding hydrogens is 284 g/mol. The number of anilines is 1. The van der Waals surface area contributed by atoms with Crippen LogP contribution in [0.25, 0.3) is 0 Å². The van der Waals surface area contributed by atoms with Crippen LogP contribution in [0.2, 0.25) is 0 Å². The van der Waals surface area contributed by atoms with Crippen LogP contribution in [0.4, 0.5) is 20.3 Å². The highest BCUT2D eigenvalue weighted by atomic mass is 19.1. The molecule has 0 bridgehead atoms. The van der Waals surface area contributed by atoms with Gasteiger partial charge in [-0.05, 0) is 13.0 Å². The summed E-state index contributed by atoms with van der Waals surface area (Å²) in [6.45, 7) is 2.51. The Labute approximate surface area is 118 Å². The smallest absolute Gasteiger partial charge is 0.307 e. The molecule has 0 spiro atoms. The fourth-order valence-corrected chi connectivity index (χ4v) is 1.60. The minimum absolute atomic E-state index is 0.0422. The van der Waals surface area contributed by atoms with Crippen molar-refractivity contribution in [2.24, 2.45) is 0 Å². The number of halogens is 2. The summed E-state index contributed by atoms with van der Waals surface area (Å²) in [5, 5.41) is 13.4. The Morgan fingerprint density at radius 1 is 1.33 bits per heavy atom. The van der Waals surface area contributed by atoms with Crippen LogP contribution in [0.3, 0.4) is 0 Å². The first-order valence-corrected chi connectivity index (χ1v) is 6.03. The summed E-state index contributed by atoms with van der Waals surface area (Å²) in [5.41, 5.74) is -0.950. The van der Waals surface area contributed by atoms with Crippen molar-refractivity contribution in [3.63, 3.8) is 0 Å². The molecule has 0 amide bonds. The van der Waals surface area contributed by atoms with Crippen molar-refractivity contribution in [2.75, 3.05) is 11.9 Å². The lowest BCUT2D eigenvalue weighted by molar-refractivity contribution is -0.387. The molecule has 2 aromatic rings. The Kier molecular flexibility index (Phi) is 4.27. The Morgan fingerprint density at radius 2 is 2.10 bits per heavy atom. The largest absolute Gasteiger partial charge is 0.436 e. The standard InChI is InChI=1S/C13H11F2N3O3/c1-2-16-12-4-3-5-13(17-12)21-11-7-8(14)10(18(19)20)6-9(11)15/h3-7H,2H2,1H3,(H,16,17). The lowest BCUT2D eigenvalue weighted by Gasteiger charge is -2.08. The number of nitrogens with zero attached hydrogens (tertiary/aromatic N) is 2. The SMILES string of the molecule is CCNc1cccc(Oc2cc(F)c([N+](=O)[O-])cc2F)n1. The number of pyridine rings is 1. The maximum Gasteiger partial charge on any atom is 0.307 e. The van der Waals surface area contributed by atoms with E-state index in [-0.39, 0.29) is 5.88 Å². The van der Waals surface area contributed by atoms with Crippen molar-refractivity contribution in [2.45, 2.75) is 6.92 Å². The molecule has 0 aliphatic heterocycles. The maximum atomic E-state index is 13.7. The van der Waals surface area contributed by atoms with E-state index in [1.165, 1.54) is 6.07 Å². The number of hydrogen-bond acceptors (Lipinski definition) is 5. The van der Waals surface area contributed by atoms with E-state index < -0.39 is 28.0 Å². The average Bonchev–Trinajstić information content (AvgIpc) is 2.43. The van der Waals surface area contributed by atoms with Gasteiger partial charge in [0.1, 0.15) is 5.82 Å². The predicted molar refractivity (Wildman–Crippen MR) is 71.5 cm³/mol. The first kappa shape index (κ1) is 14.6. The highest BCUT2D eigenvalue weighted by Gasteiger charge is 2.20. The van der Waals surface area contributed by atoms with Gasteiger partial charge in [-0.2, -0.15) is 9.37 Å². The molecule has 1 N–H and O–H groups in total. The van der Waals surface area contributed by atoms with E-state index in [0.29, 0.717) is 24.5 Å². The number of hydrogen-bond donors (Lipinski definition) is 1. The van der Waals surface area contributed by atoms with E-state index in [1.807, 2.05) is 6.92 Å². The zero-order chi connectivity index (χ0) is 15.4. The van der Waals surface area contributed by atoms with Crippen molar-refractivity contribution >= 4 is 11.5 Å². The molecule has 110 valence electrons. The van der Waals surface area contributed by atoms with Crippen LogP contribution in [0.15, 0.2) is 30.3 Å². The van der Waals surface area contributed by atoms with E-state index in [9.17, 15) is 18.9 Å². The molecule has 1 aromatic heterocycles. The first-order chi connectivity index (χ1) is 10.0. The van der Waals surface area contributed by atoms with Gasteiger partial charge in [0.2, 0.25) is 11.7 Å². The summed E-state index contributed by atoms with van der Waals surface area (Å²) in [4.78, 5) is 13.5. The number of nitro groups is 1. The number of ether oxygens (including phenoxy) is 1. The van der Waals surface area contributed by atoms with Gasteiger partial charge < -0.3 is 10.1 Å². The van der Waals surface area contributed by atoms with Gasteiger partial charge in [0.15, 0.2) is 11.6 Å². The van der Waals surface area contributed by atoms with Gasteiger partial charge in [-0.1, -0.05) is 6.07 Å². The highest BCUT2D eigenvalue weighted by Crippen LogP contribution is 2.29. The topological polar surface area (TPSA) is 77.3 Å². The highest BCUT2D eigenvalue weighted by molar-refractivity contribution is 5.42.